The molecular weight excluding hydrogens is 256 g/mol. The molecule has 0 amide bonds. The van der Waals surface area contributed by atoms with Crippen molar-refractivity contribution in [2.45, 2.75) is 78.3 Å². The van der Waals surface area contributed by atoms with E-state index in [2.05, 4.69) is 33.9 Å². The zero-order chi connectivity index (χ0) is 15.4. The number of rotatable bonds is 7. The van der Waals surface area contributed by atoms with Crippen molar-refractivity contribution >= 4 is 8.32 Å². The van der Waals surface area contributed by atoms with Crippen LogP contribution in [0.2, 0.25) is 18.1 Å². The van der Waals surface area contributed by atoms with E-state index in [1.165, 1.54) is 0 Å². The van der Waals surface area contributed by atoms with Crippen molar-refractivity contribution in [2.24, 2.45) is 11.8 Å². The smallest absolute Gasteiger partial charge is 0.192 e. The van der Waals surface area contributed by atoms with Crippen molar-refractivity contribution in [3.8, 4) is 0 Å². The van der Waals surface area contributed by atoms with Gasteiger partial charge in [-0.1, -0.05) is 41.5 Å². The van der Waals surface area contributed by atoms with Crippen LogP contribution < -0.4 is 0 Å². The van der Waals surface area contributed by atoms with Crippen LogP contribution in [0.4, 0.5) is 0 Å². The Morgan fingerprint density at radius 3 is 1.95 bits per heavy atom. The molecule has 0 rings (SSSR count). The Hall–Kier alpha value is 0.0969. The zero-order valence-electron chi connectivity index (χ0n) is 14.0. The number of hydrogen-bond donors (Lipinski definition) is 2. The fourth-order valence-electron chi connectivity index (χ4n) is 1.95. The van der Waals surface area contributed by atoms with Crippen molar-refractivity contribution in [1.29, 1.82) is 0 Å². The van der Waals surface area contributed by atoms with Crippen molar-refractivity contribution < 1.29 is 14.6 Å². The monoisotopic (exact) mass is 290 g/mol. The van der Waals surface area contributed by atoms with Gasteiger partial charge in [-0.05, 0) is 24.6 Å². The van der Waals surface area contributed by atoms with Crippen LogP contribution in [0.3, 0.4) is 0 Å². The Labute approximate surface area is 120 Å². The largest absolute Gasteiger partial charge is 0.413 e. The minimum Gasteiger partial charge on any atom is -0.413 e. The second kappa shape index (κ2) is 7.20. The van der Waals surface area contributed by atoms with Gasteiger partial charge in [0.15, 0.2) is 8.32 Å². The maximum atomic E-state index is 10.1. The molecule has 0 fully saturated rings. The van der Waals surface area contributed by atoms with Crippen molar-refractivity contribution in [2.75, 3.05) is 6.61 Å². The van der Waals surface area contributed by atoms with Crippen molar-refractivity contribution in [3.05, 3.63) is 0 Å². The normalized spacial score (nSPS) is 19.9. The first-order valence-electron chi connectivity index (χ1n) is 7.44. The van der Waals surface area contributed by atoms with Crippen molar-refractivity contribution in [3.63, 3.8) is 0 Å². The molecule has 4 heteroatoms. The minimum absolute atomic E-state index is 0.0428. The maximum Gasteiger partial charge on any atom is 0.192 e. The van der Waals surface area contributed by atoms with Crippen LogP contribution in [0, 0.1) is 11.8 Å². The molecule has 0 radical (unpaired) electrons. The molecule has 0 saturated carbocycles. The molecule has 4 atom stereocenters. The summed E-state index contributed by atoms with van der Waals surface area (Å²) in [4.78, 5) is 0. The quantitative estimate of drug-likeness (QED) is 0.706. The van der Waals surface area contributed by atoms with E-state index >= 15 is 0 Å². The molecule has 2 N–H and O–H groups in total. The lowest BCUT2D eigenvalue weighted by Gasteiger charge is -2.43. The van der Waals surface area contributed by atoms with E-state index in [1.54, 1.807) is 0 Å². The van der Waals surface area contributed by atoms with Crippen LogP contribution >= 0.6 is 0 Å². The molecule has 0 unspecified atom stereocenters. The summed E-state index contributed by atoms with van der Waals surface area (Å²) in [6, 6.07) is 0. The highest BCUT2D eigenvalue weighted by Crippen LogP contribution is 2.39. The summed E-state index contributed by atoms with van der Waals surface area (Å²) in [5, 5.41) is 19.7. The van der Waals surface area contributed by atoms with Crippen LogP contribution in [0.15, 0.2) is 0 Å². The predicted octanol–water partition coefficient (Wildman–Crippen LogP) is 3.41. The van der Waals surface area contributed by atoms with Gasteiger partial charge in [-0.3, -0.25) is 0 Å². The molecule has 0 aliphatic carbocycles. The van der Waals surface area contributed by atoms with Gasteiger partial charge in [0.2, 0.25) is 0 Å². The first-order chi connectivity index (χ1) is 8.47. The molecule has 0 aromatic heterocycles. The van der Waals surface area contributed by atoms with E-state index in [9.17, 15) is 10.2 Å². The lowest BCUT2D eigenvalue weighted by Crippen LogP contribution is -2.49. The van der Waals surface area contributed by atoms with E-state index in [1.807, 2.05) is 20.8 Å². The second-order valence-electron chi connectivity index (χ2n) is 7.34. The standard InChI is InChI=1S/C15H34O3Si/c1-9-13(17)12(3)14(11(2)10-16)18-19(7,8)15(4,5)6/h11-14,16-17H,9-10H2,1-8H3/t11-,12+,13-,14-/m0/s1. The summed E-state index contributed by atoms with van der Waals surface area (Å²) < 4.78 is 6.46. The van der Waals surface area contributed by atoms with Crippen LogP contribution in [-0.4, -0.2) is 37.3 Å². The van der Waals surface area contributed by atoms with Gasteiger partial charge < -0.3 is 14.6 Å². The molecular formula is C15H34O3Si. The second-order valence-corrected chi connectivity index (χ2v) is 12.1. The number of hydrogen-bond acceptors (Lipinski definition) is 3. The molecule has 0 aliphatic heterocycles. The fourth-order valence-corrected chi connectivity index (χ4v) is 3.43. The van der Waals surface area contributed by atoms with Crippen molar-refractivity contribution in [1.82, 2.24) is 0 Å². The molecule has 116 valence electrons. The molecule has 0 spiro atoms. The van der Waals surface area contributed by atoms with E-state index in [4.69, 9.17) is 4.43 Å². The molecule has 0 bridgehead atoms. The number of aliphatic hydroxyl groups excluding tert-OH is 2. The fraction of sp³-hybridized carbons (Fsp3) is 1.00. The first kappa shape index (κ1) is 19.1. The Morgan fingerprint density at radius 2 is 1.63 bits per heavy atom. The summed E-state index contributed by atoms with van der Waals surface area (Å²) in [7, 11) is -1.89. The van der Waals surface area contributed by atoms with Crippen LogP contribution in [-0.2, 0) is 4.43 Å². The molecule has 0 aromatic carbocycles. The van der Waals surface area contributed by atoms with Gasteiger partial charge >= 0.3 is 0 Å². The van der Waals surface area contributed by atoms with E-state index < -0.39 is 8.32 Å². The highest BCUT2D eigenvalue weighted by Gasteiger charge is 2.42. The molecule has 0 aliphatic rings. The topological polar surface area (TPSA) is 49.7 Å². The lowest BCUT2D eigenvalue weighted by atomic mass is 9.89. The highest BCUT2D eigenvalue weighted by atomic mass is 28.4. The van der Waals surface area contributed by atoms with Gasteiger partial charge in [0.1, 0.15) is 0 Å². The Balaban J connectivity index is 5.08. The van der Waals surface area contributed by atoms with Gasteiger partial charge in [-0.2, -0.15) is 0 Å². The van der Waals surface area contributed by atoms with E-state index in [0.29, 0.717) is 0 Å². The molecule has 3 nitrogen and oxygen atoms in total. The lowest BCUT2D eigenvalue weighted by molar-refractivity contribution is -0.0129. The average Bonchev–Trinajstić information content (AvgIpc) is 2.31. The van der Waals surface area contributed by atoms with Gasteiger partial charge in [-0.25, -0.2) is 0 Å². The minimum atomic E-state index is -1.89. The predicted molar refractivity (Wildman–Crippen MR) is 83.8 cm³/mol. The van der Waals surface area contributed by atoms with Crippen LogP contribution in [0.25, 0.3) is 0 Å². The Bertz CT molecular complexity index is 261. The highest BCUT2D eigenvalue weighted by molar-refractivity contribution is 6.74. The Morgan fingerprint density at radius 1 is 1.16 bits per heavy atom. The summed E-state index contributed by atoms with van der Waals surface area (Å²) in [6.45, 7) is 17.2. The third kappa shape index (κ3) is 5.18. The molecule has 0 aromatic rings. The molecule has 0 heterocycles. The SMILES string of the molecule is CC[C@H](O)[C@@H](C)[C@@H](O[Si](C)(C)C(C)(C)C)[C@@H](C)CO. The summed E-state index contributed by atoms with van der Waals surface area (Å²) >= 11 is 0. The van der Waals surface area contributed by atoms with Gasteiger partial charge in [0.25, 0.3) is 0 Å². The average molecular weight is 291 g/mol. The third-order valence-electron chi connectivity index (χ3n) is 4.63. The van der Waals surface area contributed by atoms with Crippen LogP contribution in [0.1, 0.15) is 48.0 Å². The van der Waals surface area contributed by atoms with Gasteiger partial charge in [0.05, 0.1) is 12.2 Å². The van der Waals surface area contributed by atoms with E-state index in [-0.39, 0.29) is 35.7 Å². The van der Waals surface area contributed by atoms with Gasteiger partial charge in [-0.15, -0.1) is 0 Å². The Kier molecular flexibility index (Phi) is 7.24. The summed E-state index contributed by atoms with van der Waals surface area (Å²) in [5.74, 6) is 0.0894. The summed E-state index contributed by atoms with van der Waals surface area (Å²) in [6.07, 6.45) is 0.265. The molecule has 19 heavy (non-hydrogen) atoms. The van der Waals surface area contributed by atoms with E-state index in [0.717, 1.165) is 6.42 Å². The van der Waals surface area contributed by atoms with Gasteiger partial charge in [0, 0.05) is 18.4 Å². The first-order valence-corrected chi connectivity index (χ1v) is 10.4. The summed E-state index contributed by atoms with van der Waals surface area (Å²) in [5.41, 5.74) is 0. The number of aliphatic hydroxyl groups is 2. The zero-order valence-corrected chi connectivity index (χ0v) is 15.0. The molecule has 0 saturated heterocycles. The third-order valence-corrected chi connectivity index (χ3v) is 9.10. The van der Waals surface area contributed by atoms with Crippen LogP contribution in [0.5, 0.6) is 0 Å². The maximum absolute atomic E-state index is 10.1.